The number of benzene rings is 3. The maximum absolute atomic E-state index is 13.1. The first kappa shape index (κ1) is 24.8. The molecule has 0 aliphatic carbocycles. The van der Waals surface area contributed by atoms with Gasteiger partial charge in [-0.3, -0.25) is 4.90 Å². The Morgan fingerprint density at radius 3 is 2.25 bits per heavy atom. The summed E-state index contributed by atoms with van der Waals surface area (Å²) in [6, 6.07) is 22.9. The topological polar surface area (TPSA) is 78.4 Å². The summed E-state index contributed by atoms with van der Waals surface area (Å²) in [6.45, 7) is 6.20. The number of nitrogens with one attached hydrogen (secondary N) is 1. The van der Waals surface area contributed by atoms with Gasteiger partial charge in [0.2, 0.25) is 10.0 Å². The maximum Gasteiger partial charge on any atom is 0.243 e. The van der Waals surface area contributed by atoms with Crippen LogP contribution >= 0.6 is 15.9 Å². The van der Waals surface area contributed by atoms with Gasteiger partial charge in [0.1, 0.15) is 11.6 Å². The normalized spacial score (nSPS) is 16.2. The van der Waals surface area contributed by atoms with Crippen molar-refractivity contribution >= 4 is 48.4 Å². The highest BCUT2D eigenvalue weighted by atomic mass is 79.9. The third kappa shape index (κ3) is 5.15. The monoisotopic (exact) mass is 565 g/mol. The Kier molecular flexibility index (Phi) is 7.07. The Morgan fingerprint density at radius 2 is 1.56 bits per heavy atom. The van der Waals surface area contributed by atoms with E-state index in [-0.39, 0.29) is 6.04 Å². The number of halogens is 1. The number of rotatable bonds is 6. The lowest BCUT2D eigenvalue weighted by Gasteiger charge is -2.36. The summed E-state index contributed by atoms with van der Waals surface area (Å²) in [4.78, 5) is 12.3. The zero-order valence-electron chi connectivity index (χ0n) is 20.2. The average Bonchev–Trinajstić information content (AvgIpc) is 2.90. The number of nitrogens with zero attached hydrogens (tertiary/aromatic N) is 4. The highest BCUT2D eigenvalue weighted by Gasteiger charge is 2.31. The third-order valence-electron chi connectivity index (χ3n) is 6.58. The summed E-state index contributed by atoms with van der Waals surface area (Å²) in [5.41, 5.74) is 3.04. The molecule has 4 aromatic rings. The summed E-state index contributed by atoms with van der Waals surface area (Å²) in [7, 11) is -3.52. The van der Waals surface area contributed by atoms with Gasteiger partial charge in [-0.2, -0.15) is 4.31 Å². The number of aryl methyl sites for hydroxylation is 1. The standard InChI is InChI=1S/C27H28BrN5O2S/c1-19-7-11-22(12-8-19)29-27-24-5-3-4-6-25(24)30-26(31-27)20(2)32-15-17-33(18-16-32)36(34,35)23-13-9-21(28)10-14-23/h3-14,20H,15-18H2,1-2H3,(H,29,30,31). The Balaban J connectivity index is 1.35. The fourth-order valence-corrected chi connectivity index (χ4v) is 6.09. The first-order valence-corrected chi connectivity index (χ1v) is 14.1. The largest absolute Gasteiger partial charge is 0.340 e. The minimum Gasteiger partial charge on any atom is -0.340 e. The van der Waals surface area contributed by atoms with E-state index in [4.69, 9.17) is 9.97 Å². The predicted octanol–water partition coefficient (Wildman–Crippen LogP) is 5.51. The second kappa shape index (κ2) is 10.3. The van der Waals surface area contributed by atoms with Crippen LogP contribution in [0.25, 0.3) is 10.9 Å². The van der Waals surface area contributed by atoms with Crippen LogP contribution in [0.2, 0.25) is 0 Å². The summed E-state index contributed by atoms with van der Waals surface area (Å²) in [5, 5.41) is 4.42. The lowest BCUT2D eigenvalue weighted by Crippen LogP contribution is -2.49. The molecule has 0 bridgehead atoms. The van der Waals surface area contributed by atoms with Crippen LogP contribution in [-0.2, 0) is 10.0 Å². The van der Waals surface area contributed by atoms with Gasteiger partial charge in [0.15, 0.2) is 0 Å². The number of aromatic nitrogens is 2. The van der Waals surface area contributed by atoms with Gasteiger partial charge < -0.3 is 5.32 Å². The van der Waals surface area contributed by atoms with Crippen molar-refractivity contribution in [2.75, 3.05) is 31.5 Å². The molecule has 1 atom stereocenters. The zero-order chi connectivity index (χ0) is 25.3. The molecule has 0 saturated carbocycles. The summed E-state index contributed by atoms with van der Waals surface area (Å²) >= 11 is 3.36. The maximum atomic E-state index is 13.1. The van der Waals surface area contributed by atoms with Crippen LogP contribution in [0.5, 0.6) is 0 Å². The van der Waals surface area contributed by atoms with Gasteiger partial charge in [-0.25, -0.2) is 18.4 Å². The van der Waals surface area contributed by atoms with Gasteiger partial charge in [-0.15, -0.1) is 0 Å². The van der Waals surface area contributed by atoms with E-state index in [1.54, 1.807) is 28.6 Å². The molecule has 1 N–H and O–H groups in total. The highest BCUT2D eigenvalue weighted by molar-refractivity contribution is 9.10. The van der Waals surface area contributed by atoms with Gasteiger partial charge in [-0.1, -0.05) is 45.8 Å². The van der Waals surface area contributed by atoms with Crippen LogP contribution in [0.3, 0.4) is 0 Å². The third-order valence-corrected chi connectivity index (χ3v) is 9.02. The van der Waals surface area contributed by atoms with Crippen molar-refractivity contribution in [1.29, 1.82) is 0 Å². The predicted molar refractivity (Wildman–Crippen MR) is 147 cm³/mol. The number of fused-ring (bicyclic) bond motifs is 1. The van der Waals surface area contributed by atoms with E-state index in [0.29, 0.717) is 36.9 Å². The first-order valence-electron chi connectivity index (χ1n) is 11.9. The Morgan fingerprint density at radius 1 is 0.889 bits per heavy atom. The number of anilines is 2. The lowest BCUT2D eigenvalue weighted by atomic mass is 10.2. The van der Waals surface area contributed by atoms with Crippen molar-refractivity contribution in [2.45, 2.75) is 24.8 Å². The summed E-state index contributed by atoms with van der Waals surface area (Å²) in [5.74, 6) is 1.48. The molecular weight excluding hydrogens is 538 g/mol. The number of hydrogen-bond acceptors (Lipinski definition) is 6. The Labute approximate surface area is 220 Å². The van der Waals surface area contributed by atoms with Crippen LogP contribution < -0.4 is 5.32 Å². The molecule has 2 heterocycles. The molecule has 5 rings (SSSR count). The van der Waals surface area contributed by atoms with E-state index in [2.05, 4.69) is 52.1 Å². The second-order valence-corrected chi connectivity index (χ2v) is 11.9. The molecular formula is C27H28BrN5O2S. The average molecular weight is 567 g/mol. The SMILES string of the molecule is Cc1ccc(Nc2nc(C(C)N3CCN(S(=O)(=O)c4ccc(Br)cc4)CC3)nc3ccccc23)cc1. The second-order valence-electron chi connectivity index (χ2n) is 9.01. The number of hydrogen-bond donors (Lipinski definition) is 1. The van der Waals surface area contributed by atoms with Crippen molar-refractivity contribution in [1.82, 2.24) is 19.2 Å². The van der Waals surface area contributed by atoms with Gasteiger partial charge in [0.25, 0.3) is 0 Å². The quantitative estimate of drug-likeness (QED) is 0.332. The van der Waals surface area contributed by atoms with Crippen LogP contribution in [0.15, 0.2) is 82.2 Å². The number of sulfonamides is 1. The Bertz CT molecular complexity index is 1470. The molecule has 0 amide bonds. The fourth-order valence-electron chi connectivity index (χ4n) is 4.40. The first-order chi connectivity index (χ1) is 17.3. The van der Waals surface area contributed by atoms with Gasteiger partial charge in [-0.05, 0) is 62.4 Å². The summed E-state index contributed by atoms with van der Waals surface area (Å²) < 4.78 is 28.6. The zero-order valence-corrected chi connectivity index (χ0v) is 22.6. The molecule has 9 heteroatoms. The molecule has 186 valence electrons. The molecule has 3 aromatic carbocycles. The van der Waals surface area contributed by atoms with E-state index in [1.807, 2.05) is 36.4 Å². The Hall–Kier alpha value is -2.85. The minimum absolute atomic E-state index is 0.0642. The van der Waals surface area contributed by atoms with Gasteiger partial charge >= 0.3 is 0 Å². The van der Waals surface area contributed by atoms with Crippen LogP contribution in [0, 0.1) is 6.92 Å². The van der Waals surface area contributed by atoms with E-state index >= 15 is 0 Å². The van der Waals surface area contributed by atoms with Crippen LogP contribution in [0.4, 0.5) is 11.5 Å². The summed E-state index contributed by atoms with van der Waals surface area (Å²) in [6.07, 6.45) is 0. The smallest absolute Gasteiger partial charge is 0.243 e. The number of para-hydroxylation sites is 1. The van der Waals surface area contributed by atoms with Crippen molar-refractivity contribution in [3.63, 3.8) is 0 Å². The van der Waals surface area contributed by atoms with Crippen molar-refractivity contribution in [3.8, 4) is 0 Å². The van der Waals surface area contributed by atoms with E-state index in [1.165, 1.54) is 5.56 Å². The van der Waals surface area contributed by atoms with Crippen LogP contribution in [-0.4, -0.2) is 53.8 Å². The fraction of sp³-hybridized carbons (Fsp3) is 0.259. The van der Waals surface area contributed by atoms with E-state index in [9.17, 15) is 8.42 Å². The molecule has 1 aromatic heterocycles. The molecule has 1 fully saturated rings. The molecule has 1 unspecified atom stereocenters. The molecule has 0 spiro atoms. The lowest BCUT2D eigenvalue weighted by molar-refractivity contribution is 0.141. The molecule has 7 nitrogen and oxygen atoms in total. The van der Waals surface area contributed by atoms with E-state index < -0.39 is 10.0 Å². The van der Waals surface area contributed by atoms with Crippen LogP contribution in [0.1, 0.15) is 24.4 Å². The van der Waals surface area contributed by atoms with Gasteiger partial charge in [0, 0.05) is 41.7 Å². The highest BCUT2D eigenvalue weighted by Crippen LogP contribution is 2.29. The number of piperazine rings is 1. The minimum atomic E-state index is -3.52. The van der Waals surface area contributed by atoms with E-state index in [0.717, 1.165) is 26.9 Å². The molecule has 1 aliphatic heterocycles. The molecule has 36 heavy (non-hydrogen) atoms. The molecule has 1 saturated heterocycles. The van der Waals surface area contributed by atoms with Crippen molar-refractivity contribution in [3.05, 3.63) is 88.7 Å². The molecule has 1 aliphatic rings. The van der Waals surface area contributed by atoms with Crippen molar-refractivity contribution < 1.29 is 8.42 Å². The van der Waals surface area contributed by atoms with Gasteiger partial charge in [0.05, 0.1) is 16.5 Å². The molecule has 0 radical (unpaired) electrons. The van der Waals surface area contributed by atoms with Crippen molar-refractivity contribution in [2.24, 2.45) is 0 Å².